The molecule has 1 aliphatic carbocycles. The minimum Gasteiger partial charge on any atom is -0.352 e. The van der Waals surface area contributed by atoms with Gasteiger partial charge in [0.15, 0.2) is 0 Å². The van der Waals surface area contributed by atoms with Crippen molar-refractivity contribution in [2.45, 2.75) is 57.0 Å². The zero-order chi connectivity index (χ0) is 14.6. The van der Waals surface area contributed by atoms with Crippen molar-refractivity contribution in [1.29, 1.82) is 0 Å². The van der Waals surface area contributed by atoms with Crippen LogP contribution in [0.2, 0.25) is 5.02 Å². The molecule has 20 heavy (non-hydrogen) atoms. The van der Waals surface area contributed by atoms with E-state index in [2.05, 4.69) is 5.32 Å². The van der Waals surface area contributed by atoms with Crippen molar-refractivity contribution in [3.63, 3.8) is 0 Å². The zero-order valence-electron chi connectivity index (χ0n) is 12.0. The molecule has 0 saturated heterocycles. The van der Waals surface area contributed by atoms with E-state index in [0.29, 0.717) is 0 Å². The lowest BCUT2D eigenvalue weighted by Gasteiger charge is -2.33. The maximum Gasteiger partial charge on any atom is 0.240 e. The number of nitrogens with two attached hydrogens (primary N) is 1. The van der Waals surface area contributed by atoms with Gasteiger partial charge in [0.1, 0.15) is 0 Å². The third-order valence-electron chi connectivity index (χ3n) is 4.06. The highest BCUT2D eigenvalue weighted by Gasteiger charge is 2.35. The summed E-state index contributed by atoms with van der Waals surface area (Å²) in [6.45, 7) is 1.99. The fourth-order valence-electron chi connectivity index (χ4n) is 2.82. The van der Waals surface area contributed by atoms with Crippen LogP contribution in [0.4, 0.5) is 0 Å². The summed E-state index contributed by atoms with van der Waals surface area (Å²) in [5, 5.41) is 3.79. The van der Waals surface area contributed by atoms with Gasteiger partial charge in [-0.1, -0.05) is 49.1 Å². The molecule has 0 bridgehead atoms. The molecule has 0 heterocycles. The van der Waals surface area contributed by atoms with Crippen molar-refractivity contribution in [2.75, 3.05) is 0 Å². The van der Waals surface area contributed by atoms with Crippen molar-refractivity contribution in [3.8, 4) is 0 Å². The Morgan fingerprint density at radius 3 is 2.65 bits per heavy atom. The summed E-state index contributed by atoms with van der Waals surface area (Å²) in [6.07, 6.45) is 5.57. The molecule has 1 fully saturated rings. The van der Waals surface area contributed by atoms with Gasteiger partial charge in [0.25, 0.3) is 0 Å². The van der Waals surface area contributed by atoms with Crippen LogP contribution in [0.25, 0.3) is 0 Å². The van der Waals surface area contributed by atoms with Gasteiger partial charge in [-0.3, -0.25) is 4.79 Å². The van der Waals surface area contributed by atoms with Gasteiger partial charge in [0.2, 0.25) is 5.91 Å². The lowest BCUT2D eigenvalue weighted by molar-refractivity contribution is -0.128. The first-order chi connectivity index (χ1) is 9.51. The molecule has 1 aromatic rings. The highest BCUT2D eigenvalue weighted by atomic mass is 35.5. The molecule has 1 aromatic carbocycles. The minimum atomic E-state index is -0.674. The van der Waals surface area contributed by atoms with Gasteiger partial charge in [-0.05, 0) is 37.8 Å². The quantitative estimate of drug-likeness (QED) is 0.897. The van der Waals surface area contributed by atoms with E-state index >= 15 is 0 Å². The number of carbonyl (C=O) groups excluding carboxylic acids is 1. The number of benzene rings is 1. The molecule has 0 radical (unpaired) electrons. The standard InChI is InChI=1S/C16H23ClN2O/c1-12(11-13-7-3-4-8-14(13)17)19-15(20)16(18)9-5-2-6-10-16/h3-4,7-8,12H,2,5-6,9-11,18H2,1H3,(H,19,20). The third kappa shape index (κ3) is 3.74. The SMILES string of the molecule is CC(Cc1ccccc1Cl)NC(=O)C1(N)CCCCC1. The Morgan fingerprint density at radius 2 is 2.00 bits per heavy atom. The summed E-state index contributed by atoms with van der Waals surface area (Å²) in [6, 6.07) is 7.76. The molecule has 0 aliphatic heterocycles. The van der Waals surface area contributed by atoms with E-state index in [4.69, 9.17) is 17.3 Å². The van der Waals surface area contributed by atoms with Gasteiger partial charge in [-0.15, -0.1) is 0 Å². The van der Waals surface area contributed by atoms with E-state index < -0.39 is 5.54 Å². The molecular formula is C16H23ClN2O. The highest BCUT2D eigenvalue weighted by molar-refractivity contribution is 6.31. The Morgan fingerprint density at radius 1 is 1.35 bits per heavy atom. The Labute approximate surface area is 125 Å². The van der Waals surface area contributed by atoms with Crippen LogP contribution in [-0.4, -0.2) is 17.5 Å². The van der Waals surface area contributed by atoms with Crippen LogP contribution >= 0.6 is 11.6 Å². The summed E-state index contributed by atoms with van der Waals surface area (Å²) in [7, 11) is 0. The largest absolute Gasteiger partial charge is 0.352 e. The van der Waals surface area contributed by atoms with E-state index in [0.717, 1.165) is 42.7 Å². The molecule has 0 aromatic heterocycles. The number of nitrogens with one attached hydrogen (secondary N) is 1. The molecular weight excluding hydrogens is 272 g/mol. The summed E-state index contributed by atoms with van der Waals surface area (Å²) < 4.78 is 0. The fourth-order valence-corrected chi connectivity index (χ4v) is 3.03. The molecule has 3 nitrogen and oxygen atoms in total. The average Bonchev–Trinajstić information content (AvgIpc) is 2.42. The molecule has 110 valence electrons. The number of rotatable bonds is 4. The Hall–Kier alpha value is -1.06. The van der Waals surface area contributed by atoms with Crippen molar-refractivity contribution in [3.05, 3.63) is 34.9 Å². The lowest BCUT2D eigenvalue weighted by Crippen LogP contribution is -2.56. The van der Waals surface area contributed by atoms with E-state index in [9.17, 15) is 4.79 Å². The van der Waals surface area contributed by atoms with Crippen molar-refractivity contribution >= 4 is 17.5 Å². The Bertz CT molecular complexity index is 469. The van der Waals surface area contributed by atoms with Crippen molar-refractivity contribution < 1.29 is 4.79 Å². The second kappa shape index (κ2) is 6.59. The average molecular weight is 295 g/mol. The van der Waals surface area contributed by atoms with Crippen LogP contribution in [0.5, 0.6) is 0 Å². The Kier molecular flexibility index (Phi) is 5.06. The van der Waals surface area contributed by atoms with Crippen LogP contribution < -0.4 is 11.1 Å². The van der Waals surface area contributed by atoms with Crippen molar-refractivity contribution in [1.82, 2.24) is 5.32 Å². The first-order valence-corrected chi connectivity index (χ1v) is 7.72. The second-order valence-corrected chi connectivity index (χ2v) is 6.29. The molecule has 4 heteroatoms. The van der Waals surface area contributed by atoms with E-state index in [1.54, 1.807) is 0 Å². The normalized spacial score (nSPS) is 19.4. The molecule has 1 amide bonds. The summed E-state index contributed by atoms with van der Waals surface area (Å²) in [5.41, 5.74) is 6.61. The molecule has 1 saturated carbocycles. The van der Waals surface area contributed by atoms with Crippen LogP contribution in [0.15, 0.2) is 24.3 Å². The predicted molar refractivity (Wildman–Crippen MR) is 82.8 cm³/mol. The summed E-state index contributed by atoms with van der Waals surface area (Å²) in [4.78, 5) is 12.3. The second-order valence-electron chi connectivity index (χ2n) is 5.89. The number of hydrogen-bond acceptors (Lipinski definition) is 2. The van der Waals surface area contributed by atoms with Crippen LogP contribution in [0, 0.1) is 0 Å². The number of halogens is 1. The van der Waals surface area contributed by atoms with Gasteiger partial charge >= 0.3 is 0 Å². The topological polar surface area (TPSA) is 55.1 Å². The maximum atomic E-state index is 12.3. The van der Waals surface area contributed by atoms with Gasteiger partial charge in [0, 0.05) is 11.1 Å². The molecule has 1 unspecified atom stereocenters. The first-order valence-electron chi connectivity index (χ1n) is 7.34. The van der Waals surface area contributed by atoms with Crippen LogP contribution in [0.3, 0.4) is 0 Å². The smallest absolute Gasteiger partial charge is 0.240 e. The van der Waals surface area contributed by atoms with Gasteiger partial charge in [-0.25, -0.2) is 0 Å². The summed E-state index contributed by atoms with van der Waals surface area (Å²) in [5.74, 6) is -0.0169. The number of hydrogen-bond donors (Lipinski definition) is 2. The maximum absolute atomic E-state index is 12.3. The van der Waals surface area contributed by atoms with Crippen molar-refractivity contribution in [2.24, 2.45) is 5.73 Å². The van der Waals surface area contributed by atoms with Gasteiger partial charge in [0.05, 0.1) is 5.54 Å². The van der Waals surface area contributed by atoms with Gasteiger partial charge < -0.3 is 11.1 Å². The molecule has 1 aliphatic rings. The lowest BCUT2D eigenvalue weighted by atomic mass is 9.81. The zero-order valence-corrected chi connectivity index (χ0v) is 12.7. The third-order valence-corrected chi connectivity index (χ3v) is 4.43. The van der Waals surface area contributed by atoms with Crippen LogP contribution in [0.1, 0.15) is 44.6 Å². The number of carbonyl (C=O) groups is 1. The Balaban J connectivity index is 1.92. The molecule has 2 rings (SSSR count). The first kappa shape index (κ1) is 15.3. The van der Waals surface area contributed by atoms with Gasteiger partial charge in [-0.2, -0.15) is 0 Å². The predicted octanol–water partition coefficient (Wildman–Crippen LogP) is 3.05. The highest BCUT2D eigenvalue weighted by Crippen LogP contribution is 2.26. The molecule has 3 N–H and O–H groups in total. The fraction of sp³-hybridized carbons (Fsp3) is 0.562. The summed E-state index contributed by atoms with van der Waals surface area (Å²) >= 11 is 6.14. The number of amides is 1. The van der Waals surface area contributed by atoms with Crippen LogP contribution in [-0.2, 0) is 11.2 Å². The van der Waals surface area contributed by atoms with E-state index in [1.165, 1.54) is 6.42 Å². The van der Waals surface area contributed by atoms with E-state index in [-0.39, 0.29) is 11.9 Å². The minimum absolute atomic E-state index is 0.0169. The monoisotopic (exact) mass is 294 g/mol. The van der Waals surface area contributed by atoms with E-state index in [1.807, 2.05) is 31.2 Å². The molecule has 1 atom stereocenters. The molecule has 0 spiro atoms.